The van der Waals surface area contributed by atoms with E-state index >= 15 is 0 Å². The van der Waals surface area contributed by atoms with Crippen molar-refractivity contribution in [2.24, 2.45) is 0 Å². The molecule has 0 spiro atoms. The summed E-state index contributed by atoms with van der Waals surface area (Å²) in [7, 11) is 0. The SMILES string of the molecule is Nc1ncc(F)cc1C(=O)Nc1ccc(Cl)cc1F. The number of carbonyl (C=O) groups is 1. The zero-order valence-corrected chi connectivity index (χ0v) is 10.2. The molecule has 19 heavy (non-hydrogen) atoms. The number of aromatic nitrogens is 1. The smallest absolute Gasteiger partial charge is 0.259 e. The van der Waals surface area contributed by atoms with Crippen molar-refractivity contribution >= 4 is 29.0 Å². The molecule has 0 fully saturated rings. The van der Waals surface area contributed by atoms with Gasteiger partial charge in [-0.05, 0) is 24.3 Å². The lowest BCUT2D eigenvalue weighted by Gasteiger charge is -2.08. The van der Waals surface area contributed by atoms with Crippen LogP contribution in [0.2, 0.25) is 5.02 Å². The molecule has 0 saturated carbocycles. The van der Waals surface area contributed by atoms with Gasteiger partial charge in [0, 0.05) is 5.02 Å². The Morgan fingerprint density at radius 3 is 2.74 bits per heavy atom. The molecule has 0 unspecified atom stereocenters. The van der Waals surface area contributed by atoms with E-state index in [4.69, 9.17) is 17.3 Å². The number of anilines is 2. The fourth-order valence-corrected chi connectivity index (χ4v) is 1.57. The summed E-state index contributed by atoms with van der Waals surface area (Å²) in [5.74, 6) is -2.32. The first-order valence-corrected chi connectivity index (χ1v) is 5.52. The molecular weight excluding hydrogens is 276 g/mol. The Morgan fingerprint density at radius 2 is 2.05 bits per heavy atom. The predicted octanol–water partition coefficient (Wildman–Crippen LogP) is 2.85. The maximum absolute atomic E-state index is 13.5. The molecule has 7 heteroatoms. The summed E-state index contributed by atoms with van der Waals surface area (Å²) in [5.41, 5.74) is 5.20. The number of amides is 1. The van der Waals surface area contributed by atoms with Gasteiger partial charge >= 0.3 is 0 Å². The second-order valence-corrected chi connectivity index (χ2v) is 4.10. The molecule has 98 valence electrons. The Morgan fingerprint density at radius 1 is 1.32 bits per heavy atom. The van der Waals surface area contributed by atoms with Crippen molar-refractivity contribution in [2.45, 2.75) is 0 Å². The lowest BCUT2D eigenvalue weighted by Crippen LogP contribution is -2.16. The number of benzene rings is 1. The highest BCUT2D eigenvalue weighted by molar-refractivity contribution is 6.30. The van der Waals surface area contributed by atoms with E-state index in [0.29, 0.717) is 0 Å². The van der Waals surface area contributed by atoms with Crippen LogP contribution in [0.5, 0.6) is 0 Å². The normalized spacial score (nSPS) is 10.3. The largest absolute Gasteiger partial charge is 0.383 e. The summed E-state index contributed by atoms with van der Waals surface area (Å²) in [6.45, 7) is 0. The molecule has 0 atom stereocenters. The third-order valence-corrected chi connectivity index (χ3v) is 2.54. The van der Waals surface area contributed by atoms with Gasteiger partial charge in [-0.1, -0.05) is 11.6 Å². The first-order chi connectivity index (χ1) is 8.97. The van der Waals surface area contributed by atoms with E-state index in [-0.39, 0.29) is 22.1 Å². The van der Waals surface area contributed by atoms with Crippen LogP contribution in [0.15, 0.2) is 30.5 Å². The van der Waals surface area contributed by atoms with E-state index in [9.17, 15) is 13.6 Å². The maximum Gasteiger partial charge on any atom is 0.259 e. The maximum atomic E-state index is 13.5. The number of nitrogens with two attached hydrogens (primary N) is 1. The van der Waals surface area contributed by atoms with Crippen LogP contribution in [-0.2, 0) is 0 Å². The zero-order chi connectivity index (χ0) is 14.0. The van der Waals surface area contributed by atoms with E-state index in [1.807, 2.05) is 0 Å². The number of pyridine rings is 1. The number of nitrogen functional groups attached to an aromatic ring is 1. The first-order valence-electron chi connectivity index (χ1n) is 5.15. The summed E-state index contributed by atoms with van der Waals surface area (Å²) in [5, 5.41) is 2.46. The molecule has 0 aliphatic carbocycles. The number of carbonyl (C=O) groups excluding carboxylic acids is 1. The van der Waals surface area contributed by atoms with E-state index < -0.39 is 17.5 Å². The fourth-order valence-electron chi connectivity index (χ4n) is 1.41. The molecule has 1 heterocycles. The highest BCUT2D eigenvalue weighted by Crippen LogP contribution is 2.20. The minimum Gasteiger partial charge on any atom is -0.383 e. The third-order valence-electron chi connectivity index (χ3n) is 2.31. The van der Waals surface area contributed by atoms with Crippen LogP contribution < -0.4 is 11.1 Å². The average Bonchev–Trinajstić information content (AvgIpc) is 2.35. The quantitative estimate of drug-likeness (QED) is 0.890. The molecule has 4 nitrogen and oxygen atoms in total. The van der Waals surface area contributed by atoms with Gasteiger partial charge in [0.15, 0.2) is 0 Å². The average molecular weight is 284 g/mol. The lowest BCUT2D eigenvalue weighted by molar-refractivity contribution is 0.102. The molecular formula is C12H8ClF2N3O. The summed E-state index contributed by atoms with van der Waals surface area (Å²) in [4.78, 5) is 15.3. The Labute approximate surface area is 112 Å². The van der Waals surface area contributed by atoms with Crippen molar-refractivity contribution in [1.82, 2.24) is 4.98 Å². The van der Waals surface area contributed by atoms with E-state index in [1.165, 1.54) is 12.1 Å². The molecule has 0 saturated heterocycles. The topological polar surface area (TPSA) is 68.0 Å². The molecule has 1 amide bonds. The minimum absolute atomic E-state index is 0.0851. The van der Waals surface area contributed by atoms with Gasteiger partial charge in [-0.15, -0.1) is 0 Å². The van der Waals surface area contributed by atoms with Gasteiger partial charge < -0.3 is 11.1 Å². The lowest BCUT2D eigenvalue weighted by atomic mass is 10.2. The van der Waals surface area contributed by atoms with Crippen LogP contribution in [0.4, 0.5) is 20.3 Å². The van der Waals surface area contributed by atoms with Crippen molar-refractivity contribution < 1.29 is 13.6 Å². The van der Waals surface area contributed by atoms with Gasteiger partial charge in [0.1, 0.15) is 17.5 Å². The Kier molecular flexibility index (Phi) is 3.62. The van der Waals surface area contributed by atoms with E-state index in [2.05, 4.69) is 10.3 Å². The second kappa shape index (κ2) is 5.19. The number of rotatable bonds is 2. The Balaban J connectivity index is 2.28. The molecule has 2 aromatic rings. The summed E-state index contributed by atoms with van der Waals surface area (Å²) >= 11 is 5.58. The summed E-state index contributed by atoms with van der Waals surface area (Å²) < 4.78 is 26.5. The molecule has 1 aromatic carbocycles. The first kappa shape index (κ1) is 13.2. The van der Waals surface area contributed by atoms with Crippen molar-refractivity contribution in [1.29, 1.82) is 0 Å². The second-order valence-electron chi connectivity index (χ2n) is 3.66. The van der Waals surface area contributed by atoms with Crippen LogP contribution in [0, 0.1) is 11.6 Å². The van der Waals surface area contributed by atoms with Gasteiger partial charge in [-0.2, -0.15) is 0 Å². The van der Waals surface area contributed by atoms with Gasteiger partial charge in [-0.25, -0.2) is 13.8 Å². The number of nitrogens with zero attached hydrogens (tertiary/aromatic N) is 1. The van der Waals surface area contributed by atoms with Crippen LogP contribution in [0.3, 0.4) is 0 Å². The van der Waals surface area contributed by atoms with Crippen molar-refractivity contribution in [3.05, 3.63) is 52.7 Å². The predicted molar refractivity (Wildman–Crippen MR) is 68.0 cm³/mol. The standard InChI is InChI=1S/C12H8ClF2N3O/c13-6-1-2-10(9(15)3-6)18-12(19)8-4-7(14)5-17-11(8)16/h1-5H,(H2,16,17)(H,18,19). The van der Waals surface area contributed by atoms with Crippen molar-refractivity contribution in [3.63, 3.8) is 0 Å². The van der Waals surface area contributed by atoms with Crippen LogP contribution in [0.1, 0.15) is 10.4 Å². The number of hydrogen-bond donors (Lipinski definition) is 2. The van der Waals surface area contributed by atoms with Crippen molar-refractivity contribution in [3.8, 4) is 0 Å². The monoisotopic (exact) mass is 283 g/mol. The fraction of sp³-hybridized carbons (Fsp3) is 0. The summed E-state index contributed by atoms with van der Waals surface area (Å²) in [6.07, 6.45) is 0.884. The Hall–Kier alpha value is -2.21. The highest BCUT2D eigenvalue weighted by Gasteiger charge is 2.14. The zero-order valence-electron chi connectivity index (χ0n) is 9.45. The van der Waals surface area contributed by atoms with E-state index in [0.717, 1.165) is 18.3 Å². The number of hydrogen-bond acceptors (Lipinski definition) is 3. The molecule has 0 aliphatic heterocycles. The molecule has 0 bridgehead atoms. The number of nitrogens with one attached hydrogen (secondary N) is 1. The number of halogens is 3. The molecule has 0 aliphatic rings. The Bertz CT molecular complexity index is 649. The highest BCUT2D eigenvalue weighted by atomic mass is 35.5. The van der Waals surface area contributed by atoms with Gasteiger partial charge in [0.05, 0.1) is 17.4 Å². The molecule has 1 aromatic heterocycles. The van der Waals surface area contributed by atoms with E-state index in [1.54, 1.807) is 0 Å². The summed E-state index contributed by atoms with van der Waals surface area (Å²) in [6, 6.07) is 4.67. The van der Waals surface area contributed by atoms with Crippen LogP contribution >= 0.6 is 11.6 Å². The molecule has 0 radical (unpaired) electrons. The third kappa shape index (κ3) is 2.97. The molecule has 2 rings (SSSR count). The van der Waals surface area contributed by atoms with Gasteiger partial charge in [0.2, 0.25) is 0 Å². The van der Waals surface area contributed by atoms with Gasteiger partial charge in [-0.3, -0.25) is 4.79 Å². The van der Waals surface area contributed by atoms with Crippen LogP contribution in [0.25, 0.3) is 0 Å². The molecule has 3 N–H and O–H groups in total. The van der Waals surface area contributed by atoms with Crippen molar-refractivity contribution in [2.75, 3.05) is 11.1 Å². The minimum atomic E-state index is -0.759. The van der Waals surface area contributed by atoms with Crippen LogP contribution in [-0.4, -0.2) is 10.9 Å². The van der Waals surface area contributed by atoms with Gasteiger partial charge in [0.25, 0.3) is 5.91 Å².